The van der Waals surface area contributed by atoms with E-state index >= 15 is 0 Å². The summed E-state index contributed by atoms with van der Waals surface area (Å²) in [6.45, 7) is 0.312. The van der Waals surface area contributed by atoms with Crippen LogP contribution in [-0.4, -0.2) is 34.4 Å². The third kappa shape index (κ3) is 2.75. The minimum absolute atomic E-state index is 0.0985. The summed E-state index contributed by atoms with van der Waals surface area (Å²) in [5.74, 6) is -0.660. The molecule has 0 radical (unpaired) electrons. The first-order valence-electron chi connectivity index (χ1n) is 8.86. The van der Waals surface area contributed by atoms with Gasteiger partial charge in [0, 0.05) is 30.0 Å². The Labute approximate surface area is 145 Å². The quantitative estimate of drug-likeness (QED) is 0.672. The van der Waals surface area contributed by atoms with Crippen molar-refractivity contribution in [3.8, 4) is 0 Å². The normalized spacial score (nSPS) is 23.8. The van der Waals surface area contributed by atoms with Gasteiger partial charge in [0.25, 0.3) is 5.91 Å². The standard InChI is InChI=1S/C19H20N2O4/c22-16-8-7-15(18(24)20-16)21-10-13-9-12(5-6-14(13)19(21)25)17(23)11-3-1-2-4-11/h5-6,9,11,15H,1-4,7-8,10H2,(H,20,22,24). The average molecular weight is 340 g/mol. The Balaban J connectivity index is 1.56. The lowest BCUT2D eigenvalue weighted by atomic mass is 9.94. The van der Waals surface area contributed by atoms with Crippen molar-refractivity contribution in [2.75, 3.05) is 0 Å². The predicted octanol–water partition coefficient (Wildman–Crippen LogP) is 1.82. The highest BCUT2D eigenvalue weighted by Gasteiger charge is 2.39. The second kappa shape index (κ2) is 6.10. The number of hydrogen-bond acceptors (Lipinski definition) is 4. The zero-order valence-electron chi connectivity index (χ0n) is 13.9. The molecule has 0 bridgehead atoms. The number of carbonyl (C=O) groups is 4. The maximum atomic E-state index is 12.6. The summed E-state index contributed by atoms with van der Waals surface area (Å²) in [7, 11) is 0. The SMILES string of the molecule is O=C1CCC(N2Cc3cc(C(=O)C4CCCC4)ccc3C2=O)C(=O)N1. The first-order chi connectivity index (χ1) is 12.0. The fraction of sp³-hybridized carbons (Fsp3) is 0.474. The first-order valence-corrected chi connectivity index (χ1v) is 8.86. The first kappa shape index (κ1) is 16.0. The Hall–Kier alpha value is -2.50. The van der Waals surface area contributed by atoms with Crippen LogP contribution in [-0.2, 0) is 16.1 Å². The molecule has 0 aromatic heterocycles. The number of amides is 3. The molecule has 1 aliphatic carbocycles. The molecule has 1 saturated carbocycles. The Kier molecular flexibility index (Phi) is 3.90. The number of piperidine rings is 1. The van der Waals surface area contributed by atoms with Crippen LogP contribution >= 0.6 is 0 Å². The zero-order chi connectivity index (χ0) is 17.6. The van der Waals surface area contributed by atoms with Crippen molar-refractivity contribution in [1.29, 1.82) is 0 Å². The molecular formula is C19H20N2O4. The van der Waals surface area contributed by atoms with Gasteiger partial charge in [-0.3, -0.25) is 24.5 Å². The maximum absolute atomic E-state index is 12.6. The topological polar surface area (TPSA) is 83.6 Å². The van der Waals surface area contributed by atoms with E-state index in [-0.39, 0.29) is 29.9 Å². The zero-order valence-corrected chi connectivity index (χ0v) is 13.9. The number of nitrogens with one attached hydrogen (secondary N) is 1. The summed E-state index contributed by atoms with van der Waals surface area (Å²) in [4.78, 5) is 50.1. The van der Waals surface area contributed by atoms with E-state index in [2.05, 4.69) is 5.32 Å². The van der Waals surface area contributed by atoms with Crippen LogP contribution < -0.4 is 5.32 Å². The highest BCUT2D eigenvalue weighted by atomic mass is 16.2. The van der Waals surface area contributed by atoms with E-state index in [0.717, 1.165) is 31.2 Å². The van der Waals surface area contributed by atoms with E-state index < -0.39 is 11.9 Å². The van der Waals surface area contributed by atoms with Crippen molar-refractivity contribution in [3.63, 3.8) is 0 Å². The fourth-order valence-electron chi connectivity index (χ4n) is 4.15. The Bertz CT molecular complexity index is 780. The Morgan fingerprint density at radius 2 is 1.84 bits per heavy atom. The molecule has 1 saturated heterocycles. The van der Waals surface area contributed by atoms with Crippen molar-refractivity contribution < 1.29 is 19.2 Å². The van der Waals surface area contributed by atoms with Crippen LogP contribution in [0.2, 0.25) is 0 Å². The Morgan fingerprint density at radius 1 is 1.08 bits per heavy atom. The van der Waals surface area contributed by atoms with Crippen LogP contribution in [0.4, 0.5) is 0 Å². The number of Topliss-reactive ketones (excluding diaryl/α,β-unsaturated/α-hetero) is 1. The number of benzene rings is 1. The highest BCUT2D eigenvalue weighted by Crippen LogP contribution is 2.31. The molecule has 2 aliphatic heterocycles. The number of nitrogens with zero attached hydrogens (tertiary/aromatic N) is 1. The van der Waals surface area contributed by atoms with Crippen molar-refractivity contribution in [3.05, 3.63) is 34.9 Å². The summed E-state index contributed by atoms with van der Waals surface area (Å²) in [6, 6.07) is 4.61. The molecule has 1 aromatic carbocycles. The van der Waals surface area contributed by atoms with Gasteiger partial charge in [-0.25, -0.2) is 0 Å². The summed E-state index contributed by atoms with van der Waals surface area (Å²) in [6.07, 6.45) is 4.67. The molecular weight excluding hydrogens is 320 g/mol. The van der Waals surface area contributed by atoms with Crippen LogP contribution in [0.3, 0.4) is 0 Å². The van der Waals surface area contributed by atoms with Crippen LogP contribution in [0.15, 0.2) is 18.2 Å². The molecule has 1 unspecified atom stereocenters. The smallest absolute Gasteiger partial charge is 0.255 e. The van der Waals surface area contributed by atoms with Crippen LogP contribution in [0.5, 0.6) is 0 Å². The number of carbonyl (C=O) groups excluding carboxylic acids is 4. The molecule has 130 valence electrons. The van der Waals surface area contributed by atoms with E-state index in [9.17, 15) is 19.2 Å². The van der Waals surface area contributed by atoms with Crippen LogP contribution in [0.1, 0.15) is 64.8 Å². The lowest BCUT2D eigenvalue weighted by Crippen LogP contribution is -2.52. The van der Waals surface area contributed by atoms with Gasteiger partial charge in [-0.1, -0.05) is 18.9 Å². The van der Waals surface area contributed by atoms with Gasteiger partial charge in [-0.05, 0) is 37.0 Å². The summed E-state index contributed by atoms with van der Waals surface area (Å²) in [5.41, 5.74) is 2.00. The van der Waals surface area contributed by atoms with Gasteiger partial charge in [-0.2, -0.15) is 0 Å². The molecule has 4 rings (SSSR count). The Morgan fingerprint density at radius 3 is 2.56 bits per heavy atom. The molecule has 2 fully saturated rings. The van der Waals surface area contributed by atoms with Crippen LogP contribution in [0.25, 0.3) is 0 Å². The van der Waals surface area contributed by atoms with Gasteiger partial charge in [-0.15, -0.1) is 0 Å². The second-order valence-electron chi connectivity index (χ2n) is 7.12. The largest absolute Gasteiger partial charge is 0.322 e. The molecule has 0 spiro atoms. The number of imide groups is 1. The summed E-state index contributed by atoms with van der Waals surface area (Å²) >= 11 is 0. The van der Waals surface area contributed by atoms with Gasteiger partial charge in [0.05, 0.1) is 0 Å². The predicted molar refractivity (Wildman–Crippen MR) is 88.8 cm³/mol. The molecule has 2 heterocycles. The van der Waals surface area contributed by atoms with Gasteiger partial charge in [0.1, 0.15) is 6.04 Å². The number of fused-ring (bicyclic) bond motifs is 1. The fourth-order valence-corrected chi connectivity index (χ4v) is 4.15. The summed E-state index contributed by atoms with van der Waals surface area (Å²) in [5, 5.41) is 2.29. The van der Waals surface area contributed by atoms with Gasteiger partial charge in [0.2, 0.25) is 11.8 Å². The van der Waals surface area contributed by atoms with Gasteiger partial charge in [0.15, 0.2) is 5.78 Å². The van der Waals surface area contributed by atoms with E-state index in [1.54, 1.807) is 18.2 Å². The lowest BCUT2D eigenvalue weighted by molar-refractivity contribution is -0.136. The minimum atomic E-state index is -0.619. The second-order valence-corrected chi connectivity index (χ2v) is 7.12. The third-order valence-electron chi connectivity index (χ3n) is 5.53. The van der Waals surface area contributed by atoms with E-state index in [4.69, 9.17) is 0 Å². The molecule has 6 nitrogen and oxygen atoms in total. The summed E-state index contributed by atoms with van der Waals surface area (Å²) < 4.78 is 0. The van der Waals surface area contributed by atoms with Crippen molar-refractivity contribution in [1.82, 2.24) is 10.2 Å². The third-order valence-corrected chi connectivity index (χ3v) is 5.53. The molecule has 6 heteroatoms. The molecule has 3 amide bonds. The van der Waals surface area contributed by atoms with E-state index in [1.165, 1.54) is 4.90 Å². The highest BCUT2D eigenvalue weighted by molar-refractivity contribution is 6.06. The van der Waals surface area contributed by atoms with Gasteiger partial charge >= 0.3 is 0 Å². The van der Waals surface area contributed by atoms with Gasteiger partial charge < -0.3 is 4.90 Å². The lowest BCUT2D eigenvalue weighted by Gasteiger charge is -2.29. The molecule has 1 aromatic rings. The average Bonchev–Trinajstić information content (AvgIpc) is 3.23. The maximum Gasteiger partial charge on any atom is 0.255 e. The van der Waals surface area contributed by atoms with Crippen LogP contribution in [0, 0.1) is 5.92 Å². The number of hydrogen-bond donors (Lipinski definition) is 1. The van der Waals surface area contributed by atoms with Crippen molar-refractivity contribution in [2.24, 2.45) is 5.92 Å². The van der Waals surface area contributed by atoms with Crippen molar-refractivity contribution in [2.45, 2.75) is 51.1 Å². The molecule has 3 aliphatic rings. The molecule has 1 atom stereocenters. The number of ketones is 1. The monoisotopic (exact) mass is 340 g/mol. The number of rotatable bonds is 3. The minimum Gasteiger partial charge on any atom is -0.322 e. The van der Waals surface area contributed by atoms with Crippen molar-refractivity contribution >= 4 is 23.5 Å². The van der Waals surface area contributed by atoms with E-state index in [0.29, 0.717) is 24.1 Å². The van der Waals surface area contributed by atoms with E-state index in [1.807, 2.05) is 0 Å². The molecule has 1 N–H and O–H groups in total. The molecule has 25 heavy (non-hydrogen) atoms.